The van der Waals surface area contributed by atoms with Crippen molar-refractivity contribution in [3.8, 4) is 0 Å². The number of carbonyl (C=O) groups is 1. The van der Waals surface area contributed by atoms with E-state index < -0.39 is 0 Å². The molecule has 0 spiro atoms. The van der Waals surface area contributed by atoms with Crippen LogP contribution in [-0.2, 0) is 24.4 Å². The average Bonchev–Trinajstić information content (AvgIpc) is 3.01. The van der Waals surface area contributed by atoms with Gasteiger partial charge in [-0.3, -0.25) is 4.79 Å². The van der Waals surface area contributed by atoms with Crippen molar-refractivity contribution < 1.29 is 9.53 Å². The molecule has 0 saturated carbocycles. The number of benzene rings is 2. The van der Waals surface area contributed by atoms with E-state index in [0.29, 0.717) is 13.2 Å². The molecule has 0 atom stereocenters. The molecule has 0 aromatic heterocycles. The van der Waals surface area contributed by atoms with Crippen molar-refractivity contribution in [2.24, 2.45) is 0 Å². The monoisotopic (exact) mass is 330 g/mol. The average molecular weight is 331 g/mol. The maximum atomic E-state index is 12.9. The van der Waals surface area contributed by atoms with Crippen LogP contribution in [0.25, 0.3) is 0 Å². The second-order valence-corrected chi connectivity index (χ2v) is 5.88. The molecular formula is C18H19ClN2O2. The van der Waals surface area contributed by atoms with Crippen molar-refractivity contribution in [3.63, 3.8) is 0 Å². The van der Waals surface area contributed by atoms with E-state index in [1.807, 2.05) is 41.3 Å². The molecule has 0 bridgehead atoms. The van der Waals surface area contributed by atoms with Gasteiger partial charge in [0.05, 0.1) is 13.2 Å². The van der Waals surface area contributed by atoms with Crippen LogP contribution in [0.4, 0.5) is 11.4 Å². The van der Waals surface area contributed by atoms with E-state index in [2.05, 4.69) is 0 Å². The van der Waals surface area contributed by atoms with Crippen molar-refractivity contribution >= 4 is 29.7 Å². The summed E-state index contributed by atoms with van der Waals surface area (Å²) in [6.45, 7) is 1.98. The van der Waals surface area contributed by atoms with Crippen LogP contribution in [0.1, 0.15) is 33.5 Å². The number of hydrogen-bond acceptors (Lipinski definition) is 3. The molecule has 0 unspecified atom stereocenters. The quantitative estimate of drug-likeness (QED) is 0.816. The summed E-state index contributed by atoms with van der Waals surface area (Å²) in [6, 6.07) is 11.7. The highest BCUT2D eigenvalue weighted by Gasteiger charge is 2.25. The lowest BCUT2D eigenvalue weighted by atomic mass is 9.98. The van der Waals surface area contributed by atoms with Gasteiger partial charge >= 0.3 is 0 Å². The highest BCUT2D eigenvalue weighted by Crippen LogP contribution is 2.32. The fraction of sp³-hybridized carbons (Fsp3) is 0.278. The first kappa shape index (κ1) is 15.8. The van der Waals surface area contributed by atoms with E-state index in [4.69, 9.17) is 10.5 Å². The van der Waals surface area contributed by atoms with Gasteiger partial charge in [-0.1, -0.05) is 12.1 Å². The first-order chi connectivity index (χ1) is 10.7. The number of carbonyl (C=O) groups excluding carboxylic acids is 1. The Balaban J connectivity index is 0.00000156. The van der Waals surface area contributed by atoms with Crippen LogP contribution in [0.3, 0.4) is 0 Å². The molecule has 1 amide bonds. The Morgan fingerprint density at radius 1 is 1.13 bits per heavy atom. The minimum Gasteiger partial charge on any atom is -0.398 e. The third-order valence-electron chi connectivity index (χ3n) is 4.50. The number of halogens is 1. The molecule has 120 valence electrons. The molecule has 2 aliphatic rings. The van der Waals surface area contributed by atoms with Crippen LogP contribution in [-0.4, -0.2) is 12.5 Å². The summed E-state index contributed by atoms with van der Waals surface area (Å²) in [5, 5.41) is 0. The third kappa shape index (κ3) is 2.69. The Hall–Kier alpha value is -2.04. The smallest absolute Gasteiger partial charge is 0.258 e. The Bertz CT molecular complexity index is 761. The van der Waals surface area contributed by atoms with Gasteiger partial charge in [0.2, 0.25) is 0 Å². The predicted octanol–water partition coefficient (Wildman–Crippen LogP) is 3.31. The highest BCUT2D eigenvalue weighted by molar-refractivity contribution is 6.07. The molecule has 2 aromatic carbocycles. The lowest BCUT2D eigenvalue weighted by Gasteiger charge is -2.30. The number of rotatable bonds is 1. The molecule has 23 heavy (non-hydrogen) atoms. The zero-order valence-corrected chi connectivity index (χ0v) is 13.6. The molecule has 0 aliphatic carbocycles. The van der Waals surface area contributed by atoms with Crippen LogP contribution in [0.15, 0.2) is 36.4 Å². The number of nitrogen functional groups attached to an aromatic ring is 1. The third-order valence-corrected chi connectivity index (χ3v) is 4.50. The van der Waals surface area contributed by atoms with Gasteiger partial charge in [-0.2, -0.15) is 0 Å². The molecule has 4 nitrogen and oxygen atoms in total. The zero-order chi connectivity index (χ0) is 15.1. The fourth-order valence-corrected chi connectivity index (χ4v) is 3.32. The minimum atomic E-state index is 0. The Morgan fingerprint density at radius 3 is 2.83 bits per heavy atom. The Kier molecular flexibility index (Phi) is 4.28. The van der Waals surface area contributed by atoms with Gasteiger partial charge in [0.25, 0.3) is 5.91 Å². The van der Waals surface area contributed by atoms with Crippen molar-refractivity contribution in [1.82, 2.24) is 0 Å². The van der Waals surface area contributed by atoms with E-state index in [9.17, 15) is 4.79 Å². The van der Waals surface area contributed by atoms with Gasteiger partial charge in [0.15, 0.2) is 0 Å². The lowest BCUT2D eigenvalue weighted by molar-refractivity contribution is 0.0985. The van der Waals surface area contributed by atoms with E-state index >= 15 is 0 Å². The number of hydrogen-bond donors (Lipinski definition) is 1. The molecule has 0 saturated heterocycles. The zero-order valence-electron chi connectivity index (χ0n) is 12.7. The van der Waals surface area contributed by atoms with Crippen LogP contribution < -0.4 is 10.6 Å². The summed E-state index contributed by atoms with van der Waals surface area (Å²) in [6.07, 6.45) is 1.88. The van der Waals surface area contributed by atoms with Crippen LogP contribution in [0.2, 0.25) is 0 Å². The highest BCUT2D eigenvalue weighted by atomic mass is 35.5. The number of nitrogens with zero attached hydrogens (tertiary/aromatic N) is 1. The van der Waals surface area contributed by atoms with Crippen molar-refractivity contribution in [2.45, 2.75) is 26.1 Å². The van der Waals surface area contributed by atoms with E-state index in [-0.39, 0.29) is 18.3 Å². The van der Waals surface area contributed by atoms with E-state index in [0.717, 1.165) is 47.5 Å². The molecule has 2 aromatic rings. The van der Waals surface area contributed by atoms with Crippen molar-refractivity contribution in [3.05, 3.63) is 58.7 Å². The van der Waals surface area contributed by atoms with Crippen molar-refractivity contribution in [1.29, 1.82) is 0 Å². The second-order valence-electron chi connectivity index (χ2n) is 5.88. The van der Waals surface area contributed by atoms with Crippen molar-refractivity contribution in [2.75, 3.05) is 17.2 Å². The summed E-state index contributed by atoms with van der Waals surface area (Å²) in [4.78, 5) is 14.8. The summed E-state index contributed by atoms with van der Waals surface area (Å²) in [5.74, 6) is 0.0428. The van der Waals surface area contributed by atoms with Gasteiger partial charge in [-0.25, -0.2) is 0 Å². The van der Waals surface area contributed by atoms with Crippen LogP contribution >= 0.6 is 12.4 Å². The molecule has 0 fully saturated rings. The minimum absolute atomic E-state index is 0. The number of amides is 1. The molecule has 2 aliphatic heterocycles. The summed E-state index contributed by atoms with van der Waals surface area (Å²) >= 11 is 0. The SMILES string of the molecule is Cl.Nc1cccc2c1CCCN2C(=O)c1ccc2c(c1)COC2. The molecular weight excluding hydrogens is 312 g/mol. The Labute approximate surface area is 141 Å². The van der Waals surface area contributed by atoms with Gasteiger partial charge in [-0.15, -0.1) is 12.4 Å². The topological polar surface area (TPSA) is 55.6 Å². The second kappa shape index (κ2) is 6.22. The molecule has 2 N–H and O–H groups in total. The van der Waals surface area contributed by atoms with Gasteiger partial charge in [0.1, 0.15) is 0 Å². The number of nitrogens with two attached hydrogens (primary N) is 1. The maximum Gasteiger partial charge on any atom is 0.258 e. The molecule has 5 heteroatoms. The molecule has 0 radical (unpaired) electrons. The maximum absolute atomic E-state index is 12.9. The summed E-state index contributed by atoms with van der Waals surface area (Å²) in [7, 11) is 0. The standard InChI is InChI=1S/C18H18N2O2.ClH/c19-16-4-1-5-17-15(16)3-2-8-20(17)18(21)12-6-7-13-10-22-11-14(13)9-12;/h1,4-7,9H,2-3,8,10-11,19H2;1H. The van der Waals surface area contributed by atoms with Crippen LogP contribution in [0.5, 0.6) is 0 Å². The molecule has 2 heterocycles. The summed E-state index contributed by atoms with van der Waals surface area (Å²) in [5.41, 5.74) is 11.9. The van der Waals surface area contributed by atoms with Gasteiger partial charge in [-0.05, 0) is 53.8 Å². The van der Waals surface area contributed by atoms with Gasteiger partial charge < -0.3 is 15.4 Å². The Morgan fingerprint density at radius 2 is 1.96 bits per heavy atom. The molecule has 4 rings (SSSR count). The number of fused-ring (bicyclic) bond motifs is 2. The van der Waals surface area contributed by atoms with E-state index in [1.54, 1.807) is 0 Å². The van der Waals surface area contributed by atoms with E-state index in [1.165, 1.54) is 5.56 Å². The number of ether oxygens (including phenoxy) is 1. The van der Waals surface area contributed by atoms with Crippen LogP contribution in [0, 0.1) is 0 Å². The largest absolute Gasteiger partial charge is 0.398 e. The first-order valence-corrected chi connectivity index (χ1v) is 7.63. The lowest BCUT2D eigenvalue weighted by Crippen LogP contribution is -2.35. The summed E-state index contributed by atoms with van der Waals surface area (Å²) < 4.78 is 5.43. The predicted molar refractivity (Wildman–Crippen MR) is 93.0 cm³/mol. The normalized spacial score (nSPS) is 15.6. The number of anilines is 2. The van der Waals surface area contributed by atoms with Gasteiger partial charge in [0, 0.05) is 23.5 Å². The first-order valence-electron chi connectivity index (χ1n) is 7.63. The fourth-order valence-electron chi connectivity index (χ4n) is 3.32.